The Balaban J connectivity index is 1.79. The predicted molar refractivity (Wildman–Crippen MR) is 81.3 cm³/mol. The molecule has 5 nitrogen and oxygen atoms in total. The number of nitrogens with one attached hydrogen (secondary N) is 1. The molecule has 0 saturated heterocycles. The number of hydrogen-bond donors (Lipinski definition) is 2. The minimum absolute atomic E-state index is 0.0161. The van der Waals surface area contributed by atoms with Gasteiger partial charge >= 0.3 is 6.18 Å². The lowest BCUT2D eigenvalue weighted by Crippen LogP contribution is -2.51. The Morgan fingerprint density at radius 2 is 1.76 bits per heavy atom. The van der Waals surface area contributed by atoms with E-state index < -0.39 is 24.2 Å². The number of aliphatic hydroxyl groups is 1. The Hall–Kier alpha value is -2.74. The van der Waals surface area contributed by atoms with E-state index in [2.05, 4.69) is 5.32 Å². The summed E-state index contributed by atoms with van der Waals surface area (Å²) in [6, 6.07) is 10.9. The van der Waals surface area contributed by atoms with Gasteiger partial charge in [-0.15, -0.1) is 0 Å². The molecule has 132 valence electrons. The minimum atomic E-state index is -4.96. The monoisotopic (exact) mass is 353 g/mol. The van der Waals surface area contributed by atoms with Crippen molar-refractivity contribution >= 4 is 5.91 Å². The third-order valence-electron chi connectivity index (χ3n) is 3.86. The van der Waals surface area contributed by atoms with E-state index in [9.17, 15) is 23.1 Å². The lowest BCUT2D eigenvalue weighted by Gasteiger charge is -2.31. The average Bonchev–Trinajstić information content (AvgIpc) is 3.06. The third-order valence-corrected chi connectivity index (χ3v) is 3.86. The topological polar surface area (TPSA) is 67.8 Å². The number of ether oxygens (including phenoxy) is 2. The molecule has 0 fully saturated rings. The van der Waals surface area contributed by atoms with Crippen molar-refractivity contribution in [3.05, 3.63) is 59.7 Å². The van der Waals surface area contributed by atoms with E-state index >= 15 is 0 Å². The number of halogens is 3. The molecule has 0 aromatic heterocycles. The van der Waals surface area contributed by atoms with Gasteiger partial charge in [-0.25, -0.2) is 0 Å². The fourth-order valence-electron chi connectivity index (χ4n) is 2.43. The maximum absolute atomic E-state index is 13.4. The predicted octanol–water partition coefficient (Wildman–Crippen LogP) is 2.60. The Labute approximate surface area is 141 Å². The summed E-state index contributed by atoms with van der Waals surface area (Å²) in [5.74, 6) is 0.0198. The summed E-state index contributed by atoms with van der Waals surface area (Å²) in [4.78, 5) is 12.2. The summed E-state index contributed by atoms with van der Waals surface area (Å²) in [5, 5.41) is 12.3. The molecule has 8 heteroatoms. The van der Waals surface area contributed by atoms with E-state index in [0.29, 0.717) is 11.5 Å². The number of hydrogen-bond acceptors (Lipinski definition) is 4. The molecule has 1 amide bonds. The van der Waals surface area contributed by atoms with Gasteiger partial charge in [-0.3, -0.25) is 4.79 Å². The second kappa shape index (κ2) is 6.29. The molecule has 0 aliphatic carbocycles. The smallest absolute Gasteiger partial charge is 0.423 e. The number of amides is 1. The van der Waals surface area contributed by atoms with Crippen molar-refractivity contribution < 1.29 is 32.5 Å². The van der Waals surface area contributed by atoms with Crippen molar-refractivity contribution in [3.8, 4) is 11.5 Å². The maximum atomic E-state index is 13.4. The van der Waals surface area contributed by atoms with Crippen molar-refractivity contribution in [1.29, 1.82) is 0 Å². The van der Waals surface area contributed by atoms with Gasteiger partial charge in [0.15, 0.2) is 11.5 Å². The van der Waals surface area contributed by atoms with Crippen molar-refractivity contribution in [2.75, 3.05) is 13.3 Å². The van der Waals surface area contributed by atoms with E-state index in [1.807, 2.05) is 0 Å². The van der Waals surface area contributed by atoms with Crippen LogP contribution in [0.3, 0.4) is 0 Å². The van der Waals surface area contributed by atoms with Gasteiger partial charge in [0, 0.05) is 5.56 Å². The molecule has 1 heterocycles. The van der Waals surface area contributed by atoms with Gasteiger partial charge in [-0.1, -0.05) is 30.3 Å². The molecule has 0 saturated carbocycles. The molecule has 3 rings (SSSR count). The summed E-state index contributed by atoms with van der Waals surface area (Å²) in [7, 11) is 0. The zero-order valence-electron chi connectivity index (χ0n) is 12.8. The van der Waals surface area contributed by atoms with E-state index in [1.54, 1.807) is 0 Å². The molecular weight excluding hydrogens is 339 g/mol. The van der Waals surface area contributed by atoms with E-state index in [1.165, 1.54) is 36.4 Å². The summed E-state index contributed by atoms with van der Waals surface area (Å²) in [6.45, 7) is -1.00. The van der Waals surface area contributed by atoms with Crippen LogP contribution >= 0.6 is 0 Å². The van der Waals surface area contributed by atoms with Crippen LogP contribution in [0.2, 0.25) is 0 Å². The molecule has 2 aromatic rings. The van der Waals surface area contributed by atoms with Crippen LogP contribution < -0.4 is 14.8 Å². The molecule has 1 aliphatic heterocycles. The van der Waals surface area contributed by atoms with E-state index in [-0.39, 0.29) is 17.9 Å². The van der Waals surface area contributed by atoms with Gasteiger partial charge in [0.2, 0.25) is 12.4 Å². The van der Waals surface area contributed by atoms with E-state index in [0.717, 1.165) is 12.1 Å². The molecule has 1 unspecified atom stereocenters. The molecule has 0 radical (unpaired) electrons. The van der Waals surface area contributed by atoms with Crippen LogP contribution in [-0.2, 0) is 5.60 Å². The highest BCUT2D eigenvalue weighted by atomic mass is 19.4. The Morgan fingerprint density at radius 3 is 2.44 bits per heavy atom. The third kappa shape index (κ3) is 3.25. The molecular formula is C17H14F3NO4. The molecule has 2 N–H and O–H groups in total. The highest BCUT2D eigenvalue weighted by Crippen LogP contribution is 2.38. The van der Waals surface area contributed by atoms with Gasteiger partial charge in [-0.05, 0) is 23.8 Å². The molecule has 0 spiro atoms. The standard InChI is InChI=1S/C17H14F3NO4/c18-17(19,20)16(23,12-4-2-1-3-5-12)9-21-15(22)11-6-7-13-14(8-11)25-10-24-13/h1-8,23H,9-10H2,(H,21,22). The number of rotatable bonds is 4. The Morgan fingerprint density at radius 1 is 1.08 bits per heavy atom. The molecule has 25 heavy (non-hydrogen) atoms. The van der Waals surface area contributed by atoms with E-state index in [4.69, 9.17) is 9.47 Å². The normalized spacial score (nSPS) is 15.5. The number of carbonyl (C=O) groups excluding carboxylic acids is 1. The summed E-state index contributed by atoms with van der Waals surface area (Å²) in [6.07, 6.45) is -4.96. The number of alkyl halides is 3. The maximum Gasteiger partial charge on any atom is 0.423 e. The lowest BCUT2D eigenvalue weighted by molar-refractivity contribution is -0.263. The first kappa shape index (κ1) is 17.1. The average molecular weight is 353 g/mol. The van der Waals surface area contributed by atoms with Crippen LogP contribution in [0.15, 0.2) is 48.5 Å². The first-order valence-electron chi connectivity index (χ1n) is 7.34. The first-order chi connectivity index (χ1) is 11.8. The van der Waals surface area contributed by atoms with Crippen molar-refractivity contribution in [2.45, 2.75) is 11.8 Å². The SMILES string of the molecule is O=C(NCC(O)(c1ccccc1)C(F)(F)F)c1ccc2c(c1)OCO2. The molecule has 0 bridgehead atoms. The van der Waals surface area contributed by atoms with Crippen LogP contribution in [0.1, 0.15) is 15.9 Å². The lowest BCUT2D eigenvalue weighted by atomic mass is 9.93. The minimum Gasteiger partial charge on any atom is -0.454 e. The zero-order chi connectivity index (χ0) is 18.1. The first-order valence-corrected chi connectivity index (χ1v) is 7.34. The largest absolute Gasteiger partial charge is 0.454 e. The molecule has 2 aromatic carbocycles. The number of carbonyl (C=O) groups is 1. The van der Waals surface area contributed by atoms with Crippen LogP contribution in [0.4, 0.5) is 13.2 Å². The van der Waals surface area contributed by atoms with Crippen LogP contribution in [0, 0.1) is 0 Å². The Bertz CT molecular complexity index is 779. The summed E-state index contributed by atoms with van der Waals surface area (Å²) in [5.41, 5.74) is -3.45. The van der Waals surface area contributed by atoms with Gasteiger partial charge < -0.3 is 19.9 Å². The Kier molecular flexibility index (Phi) is 4.30. The second-order valence-corrected chi connectivity index (χ2v) is 5.47. The number of fused-ring (bicyclic) bond motifs is 1. The zero-order valence-corrected chi connectivity index (χ0v) is 12.8. The summed E-state index contributed by atoms with van der Waals surface area (Å²) < 4.78 is 50.4. The highest BCUT2D eigenvalue weighted by Gasteiger charge is 2.55. The molecule has 1 atom stereocenters. The summed E-state index contributed by atoms with van der Waals surface area (Å²) >= 11 is 0. The second-order valence-electron chi connectivity index (χ2n) is 5.47. The fourth-order valence-corrected chi connectivity index (χ4v) is 2.43. The number of benzene rings is 2. The van der Waals surface area contributed by atoms with Crippen molar-refractivity contribution in [1.82, 2.24) is 5.32 Å². The van der Waals surface area contributed by atoms with Crippen molar-refractivity contribution in [2.24, 2.45) is 0 Å². The fraction of sp³-hybridized carbons (Fsp3) is 0.235. The van der Waals surface area contributed by atoms with Crippen LogP contribution in [-0.4, -0.2) is 30.5 Å². The van der Waals surface area contributed by atoms with Gasteiger partial charge in [0.1, 0.15) is 0 Å². The van der Waals surface area contributed by atoms with Gasteiger partial charge in [0.05, 0.1) is 6.54 Å². The van der Waals surface area contributed by atoms with Crippen molar-refractivity contribution in [3.63, 3.8) is 0 Å². The van der Waals surface area contributed by atoms with Gasteiger partial charge in [-0.2, -0.15) is 13.2 Å². The van der Waals surface area contributed by atoms with Gasteiger partial charge in [0.25, 0.3) is 5.91 Å². The van der Waals surface area contributed by atoms with Crippen LogP contribution in [0.25, 0.3) is 0 Å². The quantitative estimate of drug-likeness (QED) is 0.887. The highest BCUT2D eigenvalue weighted by molar-refractivity contribution is 5.95. The molecule has 1 aliphatic rings. The van der Waals surface area contributed by atoms with Crippen LogP contribution in [0.5, 0.6) is 11.5 Å².